The molecular weight excluding hydrogens is 364 g/mol. The highest BCUT2D eigenvalue weighted by molar-refractivity contribution is 5.85. The Morgan fingerprint density at radius 2 is 1.96 bits per heavy atom. The number of carbonyl (C=O) groups excluding carboxylic acids is 1. The van der Waals surface area contributed by atoms with Crippen LogP contribution in [-0.2, 0) is 4.79 Å². The van der Waals surface area contributed by atoms with Crippen molar-refractivity contribution >= 4 is 18.3 Å². The summed E-state index contributed by atoms with van der Waals surface area (Å²) in [5, 5.41) is 0. The van der Waals surface area contributed by atoms with E-state index in [0.717, 1.165) is 24.6 Å². The Labute approximate surface area is 165 Å². The molecule has 4 atom stereocenters. The van der Waals surface area contributed by atoms with Crippen LogP contribution >= 0.6 is 12.4 Å². The zero-order valence-corrected chi connectivity index (χ0v) is 16.2. The topological polar surface area (TPSA) is 83.5 Å². The molecule has 7 heteroatoms. The Kier molecular flexibility index (Phi) is 6.22. The molecule has 146 valence electrons. The molecule has 2 unspecified atom stereocenters. The molecule has 2 fully saturated rings. The Hall–Kier alpha value is -1.86. The van der Waals surface area contributed by atoms with Crippen molar-refractivity contribution < 1.29 is 9.21 Å². The van der Waals surface area contributed by atoms with Gasteiger partial charge in [-0.1, -0.05) is 30.3 Å². The average Bonchev–Trinajstić information content (AvgIpc) is 3.40. The van der Waals surface area contributed by atoms with Crippen LogP contribution in [0.3, 0.4) is 0 Å². The quantitative estimate of drug-likeness (QED) is 0.744. The van der Waals surface area contributed by atoms with Gasteiger partial charge >= 0.3 is 0 Å². The number of carbonyl (C=O) groups is 1. The number of benzene rings is 1. The summed E-state index contributed by atoms with van der Waals surface area (Å²) in [7, 11) is 0. The lowest BCUT2D eigenvalue weighted by atomic mass is 9.89. The normalized spacial score (nSPS) is 27.6. The first-order valence-electron chi connectivity index (χ1n) is 9.27. The Morgan fingerprint density at radius 1 is 1.19 bits per heavy atom. The molecule has 2 aromatic rings. The molecule has 3 heterocycles. The van der Waals surface area contributed by atoms with Gasteiger partial charge in [0, 0.05) is 19.0 Å². The molecule has 0 saturated carbocycles. The Bertz CT molecular complexity index is 766. The standard InChI is InChI=1S/C20H26N4O2.ClH/c1-13-7-8-19(26-13)17-9-18(23-22-17)20(25)24-11-15(10-21)16(12-24)14-5-3-2-4-6-14;/h2-8,15-18,22-23H,9-12,21H2,1H3;1H/t15-,16+,17?,18?;/m1./s1. The highest BCUT2D eigenvalue weighted by Gasteiger charge is 2.40. The highest BCUT2D eigenvalue weighted by Crippen LogP contribution is 2.33. The van der Waals surface area contributed by atoms with E-state index in [0.29, 0.717) is 24.8 Å². The third kappa shape index (κ3) is 4.04. The number of likely N-dealkylation sites (tertiary alicyclic amines) is 1. The van der Waals surface area contributed by atoms with Crippen molar-refractivity contribution in [3.63, 3.8) is 0 Å². The first-order chi connectivity index (χ1) is 12.7. The predicted molar refractivity (Wildman–Crippen MR) is 106 cm³/mol. The number of hydrogen-bond acceptors (Lipinski definition) is 5. The molecule has 27 heavy (non-hydrogen) atoms. The number of hydrazine groups is 1. The summed E-state index contributed by atoms with van der Waals surface area (Å²) in [4.78, 5) is 15.0. The lowest BCUT2D eigenvalue weighted by Gasteiger charge is -2.20. The van der Waals surface area contributed by atoms with E-state index in [1.807, 2.05) is 42.2 Å². The summed E-state index contributed by atoms with van der Waals surface area (Å²) < 4.78 is 5.69. The molecule has 0 spiro atoms. The minimum atomic E-state index is -0.238. The molecule has 0 bridgehead atoms. The second-order valence-corrected chi connectivity index (χ2v) is 7.33. The molecule has 0 radical (unpaired) electrons. The maximum absolute atomic E-state index is 13.0. The largest absolute Gasteiger partial charge is 0.465 e. The third-order valence-electron chi connectivity index (χ3n) is 5.59. The molecule has 6 nitrogen and oxygen atoms in total. The molecule has 2 saturated heterocycles. The van der Waals surface area contributed by atoms with Crippen LogP contribution in [0.4, 0.5) is 0 Å². The fourth-order valence-electron chi connectivity index (χ4n) is 4.13. The van der Waals surface area contributed by atoms with E-state index in [1.54, 1.807) is 0 Å². The molecule has 1 aromatic heterocycles. The minimum Gasteiger partial charge on any atom is -0.465 e. The molecule has 2 aliphatic rings. The lowest BCUT2D eigenvalue weighted by Crippen LogP contribution is -2.45. The number of amides is 1. The lowest BCUT2D eigenvalue weighted by molar-refractivity contribution is -0.132. The van der Waals surface area contributed by atoms with Crippen molar-refractivity contribution in [2.75, 3.05) is 19.6 Å². The van der Waals surface area contributed by atoms with E-state index in [2.05, 4.69) is 23.0 Å². The average molecular weight is 391 g/mol. The van der Waals surface area contributed by atoms with Gasteiger partial charge in [-0.15, -0.1) is 12.4 Å². The highest BCUT2D eigenvalue weighted by atomic mass is 35.5. The second-order valence-electron chi connectivity index (χ2n) is 7.33. The molecule has 1 aromatic carbocycles. The summed E-state index contributed by atoms with van der Waals surface area (Å²) in [6, 6.07) is 14.1. The van der Waals surface area contributed by atoms with Gasteiger partial charge in [-0.3, -0.25) is 4.79 Å². The van der Waals surface area contributed by atoms with Gasteiger partial charge < -0.3 is 15.1 Å². The van der Waals surface area contributed by atoms with E-state index >= 15 is 0 Å². The number of aryl methyl sites for hydroxylation is 1. The molecule has 4 rings (SSSR count). The van der Waals surface area contributed by atoms with Gasteiger partial charge in [0.15, 0.2) is 0 Å². The van der Waals surface area contributed by atoms with Gasteiger partial charge in [0.2, 0.25) is 5.91 Å². The summed E-state index contributed by atoms with van der Waals surface area (Å²) >= 11 is 0. The van der Waals surface area contributed by atoms with Gasteiger partial charge in [0.1, 0.15) is 17.6 Å². The van der Waals surface area contributed by atoms with Gasteiger partial charge in [-0.2, -0.15) is 0 Å². The number of furan rings is 1. The van der Waals surface area contributed by atoms with Crippen molar-refractivity contribution in [2.24, 2.45) is 11.7 Å². The first-order valence-corrected chi connectivity index (χ1v) is 9.27. The Balaban J connectivity index is 0.00000210. The second kappa shape index (κ2) is 8.44. The van der Waals surface area contributed by atoms with Crippen LogP contribution in [0.1, 0.15) is 35.5 Å². The van der Waals surface area contributed by atoms with E-state index in [1.165, 1.54) is 5.56 Å². The van der Waals surface area contributed by atoms with Crippen LogP contribution in [0.25, 0.3) is 0 Å². The van der Waals surface area contributed by atoms with Crippen molar-refractivity contribution in [1.82, 2.24) is 15.8 Å². The van der Waals surface area contributed by atoms with Crippen LogP contribution < -0.4 is 16.6 Å². The van der Waals surface area contributed by atoms with Crippen molar-refractivity contribution in [2.45, 2.75) is 31.3 Å². The van der Waals surface area contributed by atoms with E-state index in [-0.39, 0.29) is 30.4 Å². The summed E-state index contributed by atoms with van der Waals surface area (Å²) in [5.74, 6) is 2.50. The predicted octanol–water partition coefficient (Wildman–Crippen LogP) is 2.12. The van der Waals surface area contributed by atoms with Crippen molar-refractivity contribution in [3.8, 4) is 0 Å². The summed E-state index contributed by atoms with van der Waals surface area (Å²) in [6.07, 6.45) is 0.686. The van der Waals surface area contributed by atoms with E-state index in [4.69, 9.17) is 10.2 Å². The molecule has 1 amide bonds. The number of nitrogens with two attached hydrogens (primary N) is 1. The van der Waals surface area contributed by atoms with Gasteiger partial charge in [0.25, 0.3) is 0 Å². The maximum atomic E-state index is 13.0. The zero-order valence-electron chi connectivity index (χ0n) is 15.4. The Morgan fingerprint density at radius 3 is 2.63 bits per heavy atom. The van der Waals surface area contributed by atoms with Crippen molar-refractivity contribution in [3.05, 3.63) is 59.5 Å². The van der Waals surface area contributed by atoms with E-state index in [9.17, 15) is 4.79 Å². The molecular formula is C20H27ClN4O2. The van der Waals surface area contributed by atoms with Crippen LogP contribution in [0.5, 0.6) is 0 Å². The monoisotopic (exact) mass is 390 g/mol. The van der Waals surface area contributed by atoms with Gasteiger partial charge in [-0.25, -0.2) is 10.9 Å². The summed E-state index contributed by atoms with van der Waals surface area (Å²) in [6.45, 7) is 3.97. The van der Waals surface area contributed by atoms with Gasteiger partial charge in [0.05, 0.1) is 6.04 Å². The molecule has 0 aliphatic carbocycles. The summed E-state index contributed by atoms with van der Waals surface area (Å²) in [5.41, 5.74) is 13.6. The molecule has 4 N–H and O–H groups in total. The third-order valence-corrected chi connectivity index (χ3v) is 5.59. The number of rotatable bonds is 4. The van der Waals surface area contributed by atoms with Crippen LogP contribution in [0.15, 0.2) is 46.9 Å². The first kappa shape index (κ1) is 19.9. The number of hydrogen-bond donors (Lipinski definition) is 3. The van der Waals surface area contributed by atoms with E-state index < -0.39 is 0 Å². The van der Waals surface area contributed by atoms with Crippen LogP contribution in [0, 0.1) is 12.8 Å². The number of halogens is 1. The fraction of sp³-hybridized carbons (Fsp3) is 0.450. The fourth-order valence-corrected chi connectivity index (χ4v) is 4.13. The smallest absolute Gasteiger partial charge is 0.241 e. The minimum absolute atomic E-state index is 0. The number of nitrogens with zero attached hydrogens (tertiary/aromatic N) is 1. The van der Waals surface area contributed by atoms with Crippen LogP contribution in [0.2, 0.25) is 0 Å². The maximum Gasteiger partial charge on any atom is 0.241 e. The van der Waals surface area contributed by atoms with Crippen molar-refractivity contribution in [1.29, 1.82) is 0 Å². The van der Waals surface area contributed by atoms with Gasteiger partial charge in [-0.05, 0) is 43.5 Å². The van der Waals surface area contributed by atoms with Crippen LogP contribution in [-0.4, -0.2) is 36.5 Å². The SMILES string of the molecule is Cc1ccc(C2CC(C(=O)N3C[C@@H](CN)[C@H](c4ccccc4)C3)NN2)o1.Cl. The zero-order chi connectivity index (χ0) is 18.1. The number of nitrogens with one attached hydrogen (secondary N) is 2. The molecule has 2 aliphatic heterocycles.